The molecule has 4 nitrogen and oxygen atoms in total. The summed E-state index contributed by atoms with van der Waals surface area (Å²) in [5, 5.41) is 2.73. The normalized spacial score (nSPS) is 14.4. The molecule has 0 saturated heterocycles. The van der Waals surface area contributed by atoms with Crippen LogP contribution in [0.15, 0.2) is 78.9 Å². The van der Waals surface area contributed by atoms with Gasteiger partial charge in [0.2, 0.25) is 0 Å². The molecule has 3 aromatic carbocycles. The minimum absolute atomic E-state index is 0. The summed E-state index contributed by atoms with van der Waals surface area (Å²) >= 11 is 0. The van der Waals surface area contributed by atoms with Crippen molar-refractivity contribution in [2.75, 3.05) is 7.11 Å². The van der Waals surface area contributed by atoms with Gasteiger partial charge in [-0.05, 0) is 75.0 Å². The first-order valence-corrected chi connectivity index (χ1v) is 14.4. The second-order valence-electron chi connectivity index (χ2n) is 10.5. The molecule has 0 N–H and O–H groups in total. The second kappa shape index (κ2) is 20.7. The summed E-state index contributed by atoms with van der Waals surface area (Å²) in [6.07, 6.45) is 7.92. The van der Waals surface area contributed by atoms with Gasteiger partial charge in [-0.2, -0.15) is 0 Å². The molecule has 6 heteroatoms. The Balaban J connectivity index is 0.00000226. The van der Waals surface area contributed by atoms with Crippen molar-refractivity contribution in [3.63, 3.8) is 0 Å². The van der Waals surface area contributed by atoms with E-state index in [0.717, 1.165) is 6.42 Å². The van der Waals surface area contributed by atoms with Gasteiger partial charge in [0.15, 0.2) is 0 Å². The molecule has 1 atom stereocenters. The maximum atomic E-state index is 7.50. The van der Waals surface area contributed by atoms with E-state index in [9.17, 15) is 0 Å². The first-order valence-electron chi connectivity index (χ1n) is 13.0. The molecule has 1 aliphatic rings. The largest absolute Gasteiger partial charge is 0 e. The molecule has 6 radical (unpaired) electrons. The molecule has 0 unspecified atom stereocenters. The zero-order valence-electron chi connectivity index (χ0n) is 25.0. The summed E-state index contributed by atoms with van der Waals surface area (Å²) < 4.78 is 28.7. The molecule has 0 spiro atoms. The fraction of sp³-hybridized carbons (Fsp3) is 0.250. The molecule has 0 aliphatic heterocycles. The van der Waals surface area contributed by atoms with Crippen LogP contribution in [-0.4, -0.2) is 13.2 Å². The van der Waals surface area contributed by atoms with Crippen LogP contribution in [-0.2, 0) is 42.5 Å². The molecule has 216 valence electrons. The van der Waals surface area contributed by atoms with E-state index in [1.165, 1.54) is 44.8 Å². The Morgan fingerprint density at radius 2 is 1.19 bits per heavy atom. The summed E-state index contributed by atoms with van der Waals surface area (Å²) in [6.45, 7) is 24.7. The van der Waals surface area contributed by atoms with E-state index in [1.54, 1.807) is 0 Å². The first-order chi connectivity index (χ1) is 19.8. The molecule has 3 aromatic rings. The maximum Gasteiger partial charge on any atom is 0 e. The van der Waals surface area contributed by atoms with Crippen molar-refractivity contribution in [2.24, 2.45) is 5.41 Å². The molecule has 4 rings (SSSR count). The Morgan fingerprint density at radius 3 is 1.60 bits per heavy atom. The summed E-state index contributed by atoms with van der Waals surface area (Å²) in [6, 6.07) is 28.8. The molecular weight excluding hydrogens is 579 g/mol. The molecule has 0 bridgehead atoms. The Morgan fingerprint density at radius 1 is 0.738 bits per heavy atom. The monoisotopic (exact) mass is 616 g/mol. The third-order valence-electron chi connectivity index (χ3n) is 6.50. The molecule has 0 aromatic heterocycles. The van der Waals surface area contributed by atoms with Gasteiger partial charge in [0.05, 0.1) is 6.10 Å². The molecular formula is C36H37CrO4P. The predicted octanol–water partition coefficient (Wildman–Crippen LogP) is 7.23. The van der Waals surface area contributed by atoms with E-state index >= 15 is 0 Å². The van der Waals surface area contributed by atoms with Crippen LogP contribution in [0.1, 0.15) is 37.5 Å². The third-order valence-corrected chi connectivity index (χ3v) is 9.00. The number of aryl methyl sites for hydroxylation is 2. The van der Waals surface area contributed by atoms with Crippen LogP contribution in [0.4, 0.5) is 0 Å². The minimum atomic E-state index is -0.735. The van der Waals surface area contributed by atoms with E-state index < -0.39 is 7.92 Å². The standard InChI is InChI=1S/C33H37OP.3CO.Cr/c1-24-19-25(2)21-26(20-24)22-31(34-6)30-18-17-27(33(3,4)5)23-32(30)35(28-13-9-7-10-14-28)29-15-11-8-12-16-29;3*1-2;/h7-21,23,31H,22H2,1-6H3;;;;/t31-;;;;/m1..../s1. The van der Waals surface area contributed by atoms with Gasteiger partial charge in [-0.15, -0.1) is 0 Å². The van der Waals surface area contributed by atoms with Crippen molar-refractivity contribution >= 4 is 18.5 Å². The zero-order valence-corrected chi connectivity index (χ0v) is 27.2. The number of hydrogen-bond acceptors (Lipinski definition) is 1. The number of rotatable bonds is 7. The van der Waals surface area contributed by atoms with Crippen LogP contribution in [0.2, 0.25) is 0 Å². The Labute approximate surface area is 265 Å². The number of ether oxygens (including phenoxy) is 1. The Kier molecular flexibility index (Phi) is 19.6. The van der Waals surface area contributed by atoms with Crippen LogP contribution >= 0.6 is 7.92 Å². The number of hydrogen-bond donors (Lipinski definition) is 0. The van der Waals surface area contributed by atoms with E-state index in [2.05, 4.69) is 153 Å². The molecule has 1 saturated carbocycles. The van der Waals surface area contributed by atoms with Crippen molar-refractivity contribution < 1.29 is 36.1 Å². The van der Waals surface area contributed by atoms with Crippen LogP contribution in [0.3, 0.4) is 0 Å². The van der Waals surface area contributed by atoms with Crippen molar-refractivity contribution in [3.05, 3.63) is 152 Å². The Bertz CT molecular complexity index is 1140. The van der Waals surface area contributed by atoms with Gasteiger partial charge < -0.3 is 4.74 Å². The molecule has 1 aliphatic carbocycles. The topological polar surface area (TPSA) is 68.9 Å². The van der Waals surface area contributed by atoms with Crippen LogP contribution in [0.5, 0.6) is 0 Å². The summed E-state index contributed by atoms with van der Waals surface area (Å²) in [7, 11) is 1.11. The predicted molar refractivity (Wildman–Crippen MR) is 163 cm³/mol. The molecule has 0 heterocycles. The SMILES string of the molecule is CO[C@H](Cc1cc(C)cc(C)c1)[C]1[CH][CH][C](C(C)(C)C)[CH][C]1P(c1ccccc1)c1ccccc1.[C-]#[O+].[C-]#[O+].[C-]#[O+].[Cr]. The van der Waals surface area contributed by atoms with Crippen molar-refractivity contribution in [2.45, 2.75) is 47.1 Å². The Hall–Kier alpha value is -2.20. The first kappa shape index (κ1) is 39.8. The smallest absolute Gasteiger partial charge is 0 e. The van der Waals surface area contributed by atoms with Crippen LogP contribution < -0.4 is 10.6 Å². The van der Waals surface area contributed by atoms with Crippen molar-refractivity contribution in [3.8, 4) is 0 Å². The van der Waals surface area contributed by atoms with Crippen LogP contribution in [0.25, 0.3) is 0 Å². The van der Waals surface area contributed by atoms with Crippen molar-refractivity contribution in [1.82, 2.24) is 0 Å². The van der Waals surface area contributed by atoms with E-state index in [-0.39, 0.29) is 28.9 Å². The van der Waals surface area contributed by atoms with Gasteiger partial charge >= 0.3 is 33.9 Å². The van der Waals surface area contributed by atoms with Gasteiger partial charge in [0, 0.05) is 36.0 Å². The number of benzene rings is 3. The minimum Gasteiger partial charge on any atom is 0 e. The average molecular weight is 617 g/mol. The quantitative estimate of drug-likeness (QED) is 0.157. The third kappa shape index (κ3) is 11.5. The van der Waals surface area contributed by atoms with Gasteiger partial charge in [-0.25, -0.2) is 0 Å². The van der Waals surface area contributed by atoms with Gasteiger partial charge in [0.1, 0.15) is 0 Å². The average Bonchev–Trinajstić information content (AvgIpc) is 2.99. The number of methoxy groups -OCH3 is 1. The van der Waals surface area contributed by atoms with E-state index in [0.29, 0.717) is 0 Å². The van der Waals surface area contributed by atoms with Gasteiger partial charge in [0.25, 0.3) is 0 Å². The molecule has 0 amide bonds. The van der Waals surface area contributed by atoms with Crippen molar-refractivity contribution in [1.29, 1.82) is 0 Å². The fourth-order valence-electron chi connectivity index (χ4n) is 4.78. The van der Waals surface area contributed by atoms with E-state index in [1.807, 2.05) is 7.11 Å². The second-order valence-corrected chi connectivity index (χ2v) is 12.6. The van der Waals surface area contributed by atoms with Crippen LogP contribution in [0, 0.1) is 76.0 Å². The molecule has 1 fully saturated rings. The summed E-state index contributed by atoms with van der Waals surface area (Å²) in [4.78, 5) is 0. The maximum absolute atomic E-state index is 7.50. The molecule has 42 heavy (non-hydrogen) atoms. The zero-order chi connectivity index (χ0) is 31.0. The van der Waals surface area contributed by atoms with Gasteiger partial charge in [-0.3, -0.25) is 0 Å². The fourth-order valence-corrected chi connectivity index (χ4v) is 7.32. The van der Waals surface area contributed by atoms with Gasteiger partial charge in [-0.1, -0.05) is 111 Å². The van der Waals surface area contributed by atoms with E-state index in [4.69, 9.17) is 18.7 Å². The summed E-state index contributed by atoms with van der Waals surface area (Å²) in [5.74, 6) is 2.65. The summed E-state index contributed by atoms with van der Waals surface area (Å²) in [5.41, 5.74) is 5.38.